The molecule has 4 rings (SSSR count). The van der Waals surface area contributed by atoms with Crippen LogP contribution in [0.3, 0.4) is 0 Å². The first-order chi connectivity index (χ1) is 13.4. The lowest BCUT2D eigenvalue weighted by Gasteiger charge is -2.33. The van der Waals surface area contributed by atoms with Gasteiger partial charge in [-0.2, -0.15) is 0 Å². The highest BCUT2D eigenvalue weighted by Crippen LogP contribution is 2.36. The molecule has 0 aromatic heterocycles. The minimum absolute atomic E-state index is 0.261. The van der Waals surface area contributed by atoms with E-state index in [1.807, 2.05) is 27.7 Å². The number of amidine groups is 1. The van der Waals surface area contributed by atoms with Crippen LogP contribution in [0.5, 0.6) is 11.5 Å². The van der Waals surface area contributed by atoms with E-state index in [4.69, 9.17) is 14.5 Å². The fraction of sp³-hybridized carbons (Fsp3) is 0.474. The van der Waals surface area contributed by atoms with Crippen molar-refractivity contribution in [1.82, 2.24) is 9.80 Å². The normalized spacial score (nSPS) is 24.3. The number of carbonyl (C=O) groups is 2. The van der Waals surface area contributed by atoms with E-state index in [-0.39, 0.29) is 17.9 Å². The van der Waals surface area contributed by atoms with Crippen molar-refractivity contribution < 1.29 is 23.6 Å². The number of ether oxygens (including phenoxy) is 2. The first-order valence-electron chi connectivity index (χ1n) is 9.14. The maximum atomic E-state index is 12.9. The standard InChI is InChI=1S/C19H24N5O4/c1-11-9-23(13-8-12(27-4)6-7-14(13)28-5)18-20-16-15(24(18)10-11)17(25)22(3)19(26)21(16)2/h6-8,11,15H,9-10H2,1-5H3/q+1. The number of aliphatic imine (C=N–C) groups is 1. The number of amides is 3. The van der Waals surface area contributed by atoms with E-state index in [1.54, 1.807) is 21.3 Å². The van der Waals surface area contributed by atoms with Gasteiger partial charge in [0, 0.05) is 26.1 Å². The third-order valence-corrected chi connectivity index (χ3v) is 5.43. The largest absolute Gasteiger partial charge is 0.497 e. The molecular weight excluding hydrogens is 362 g/mol. The second-order valence-corrected chi connectivity index (χ2v) is 7.32. The molecule has 0 N–H and O–H groups in total. The molecule has 0 radical (unpaired) electrons. The lowest BCUT2D eigenvalue weighted by molar-refractivity contribution is -0.545. The van der Waals surface area contributed by atoms with E-state index < -0.39 is 6.04 Å². The number of rotatable bonds is 3. The summed E-state index contributed by atoms with van der Waals surface area (Å²) < 4.78 is 12.9. The Bertz CT molecular complexity index is 925. The highest BCUT2D eigenvalue weighted by molar-refractivity contribution is 6.24. The number of hydrogen-bond acceptors (Lipinski definition) is 6. The molecule has 148 valence electrons. The number of anilines is 1. The third-order valence-electron chi connectivity index (χ3n) is 5.43. The van der Waals surface area contributed by atoms with Gasteiger partial charge < -0.3 is 9.47 Å². The Kier molecular flexibility index (Phi) is 4.24. The first-order valence-corrected chi connectivity index (χ1v) is 9.14. The predicted octanol–water partition coefficient (Wildman–Crippen LogP) is 0.833. The summed E-state index contributed by atoms with van der Waals surface area (Å²) in [6, 6.07) is 4.61. The molecule has 3 aliphatic rings. The van der Waals surface area contributed by atoms with Gasteiger partial charge in [-0.25, -0.2) is 14.3 Å². The van der Waals surface area contributed by atoms with Gasteiger partial charge in [0.25, 0.3) is 5.91 Å². The van der Waals surface area contributed by atoms with Crippen molar-refractivity contribution in [3.8, 4) is 11.5 Å². The fourth-order valence-corrected chi connectivity index (χ4v) is 3.99. The molecule has 1 aromatic carbocycles. The average molecular weight is 386 g/mol. The van der Waals surface area contributed by atoms with Gasteiger partial charge in [-0.05, 0) is 12.1 Å². The van der Waals surface area contributed by atoms with Crippen LogP contribution in [0.2, 0.25) is 0 Å². The van der Waals surface area contributed by atoms with Crippen LogP contribution in [-0.2, 0) is 4.79 Å². The first kappa shape index (κ1) is 18.3. The number of urea groups is 1. The van der Waals surface area contributed by atoms with Gasteiger partial charge in [-0.15, -0.1) is 0 Å². The van der Waals surface area contributed by atoms with E-state index in [9.17, 15) is 9.59 Å². The van der Waals surface area contributed by atoms with Crippen LogP contribution in [-0.4, -0.2) is 85.6 Å². The molecule has 0 bridgehead atoms. The second kappa shape index (κ2) is 6.50. The number of carbonyl (C=O) groups excluding carboxylic acids is 2. The number of likely N-dealkylation sites (N-methyl/N-ethyl adjacent to an activating group) is 2. The van der Waals surface area contributed by atoms with Crippen molar-refractivity contribution in [2.75, 3.05) is 46.3 Å². The van der Waals surface area contributed by atoms with Crippen molar-refractivity contribution >= 4 is 29.4 Å². The van der Waals surface area contributed by atoms with Gasteiger partial charge in [0.15, 0.2) is 5.75 Å². The van der Waals surface area contributed by atoms with E-state index in [2.05, 4.69) is 6.92 Å². The van der Waals surface area contributed by atoms with Gasteiger partial charge in [-0.1, -0.05) is 11.9 Å². The maximum absolute atomic E-state index is 12.9. The van der Waals surface area contributed by atoms with Gasteiger partial charge in [0.2, 0.25) is 11.9 Å². The van der Waals surface area contributed by atoms with E-state index in [0.29, 0.717) is 36.4 Å². The van der Waals surface area contributed by atoms with Crippen molar-refractivity contribution in [2.24, 2.45) is 10.9 Å². The molecular formula is C19H24N5O4+. The Morgan fingerprint density at radius 3 is 2.57 bits per heavy atom. The Morgan fingerprint density at radius 1 is 1.14 bits per heavy atom. The van der Waals surface area contributed by atoms with Crippen molar-refractivity contribution in [3.63, 3.8) is 0 Å². The summed E-state index contributed by atoms with van der Waals surface area (Å²) in [6.45, 7) is 3.51. The molecule has 28 heavy (non-hydrogen) atoms. The van der Waals surface area contributed by atoms with E-state index in [1.165, 1.54) is 11.9 Å². The Labute approximate surface area is 163 Å². The number of guanidine groups is 1. The van der Waals surface area contributed by atoms with Gasteiger partial charge >= 0.3 is 12.0 Å². The summed E-state index contributed by atoms with van der Waals surface area (Å²) in [4.78, 5) is 34.6. The topological polar surface area (TPSA) is 77.7 Å². The molecule has 0 aliphatic carbocycles. The molecule has 3 heterocycles. The maximum Gasteiger partial charge on any atom is 0.397 e. The summed E-state index contributed by atoms with van der Waals surface area (Å²) in [6.07, 6.45) is 0. The molecule has 1 aromatic rings. The van der Waals surface area contributed by atoms with Crippen molar-refractivity contribution in [2.45, 2.75) is 13.0 Å². The van der Waals surface area contributed by atoms with Crippen LogP contribution in [0.4, 0.5) is 10.5 Å². The van der Waals surface area contributed by atoms with Gasteiger partial charge in [0.1, 0.15) is 11.4 Å². The smallest absolute Gasteiger partial charge is 0.397 e. The molecule has 2 unspecified atom stereocenters. The number of nitrogens with zero attached hydrogens (tertiary/aromatic N) is 5. The van der Waals surface area contributed by atoms with Crippen LogP contribution in [0.1, 0.15) is 6.92 Å². The number of fused-ring (bicyclic) bond motifs is 2. The zero-order valence-corrected chi connectivity index (χ0v) is 16.7. The Morgan fingerprint density at radius 2 is 1.89 bits per heavy atom. The minimum Gasteiger partial charge on any atom is -0.497 e. The SMILES string of the molecule is COc1ccc(OC)c(N2CC(C)C[N+]3=C2N=C2C3C(=O)N(C)C(=O)N2C)c1. The molecule has 1 fully saturated rings. The minimum atomic E-state index is -0.593. The highest BCUT2D eigenvalue weighted by atomic mass is 16.5. The molecule has 0 saturated carbocycles. The number of methoxy groups -OCH3 is 2. The highest BCUT2D eigenvalue weighted by Gasteiger charge is 2.54. The molecule has 9 nitrogen and oxygen atoms in total. The summed E-state index contributed by atoms with van der Waals surface area (Å²) in [7, 11) is 6.39. The zero-order valence-electron chi connectivity index (χ0n) is 16.7. The van der Waals surface area contributed by atoms with Crippen LogP contribution in [0.15, 0.2) is 23.2 Å². The van der Waals surface area contributed by atoms with Gasteiger partial charge in [0.05, 0.1) is 27.3 Å². The fourth-order valence-electron chi connectivity index (χ4n) is 3.99. The number of imide groups is 1. The third kappa shape index (κ3) is 2.53. The Balaban J connectivity index is 1.85. The summed E-state index contributed by atoms with van der Waals surface area (Å²) in [5.74, 6) is 2.51. The quantitative estimate of drug-likeness (QED) is 0.720. The molecule has 2 atom stereocenters. The van der Waals surface area contributed by atoms with Crippen molar-refractivity contribution in [1.29, 1.82) is 0 Å². The number of hydrogen-bond donors (Lipinski definition) is 0. The van der Waals surface area contributed by atoms with Crippen LogP contribution < -0.4 is 14.4 Å². The number of benzene rings is 1. The zero-order chi connectivity index (χ0) is 20.2. The lowest BCUT2D eigenvalue weighted by atomic mass is 10.1. The van der Waals surface area contributed by atoms with Crippen LogP contribution in [0.25, 0.3) is 0 Å². The van der Waals surface area contributed by atoms with Gasteiger partial charge in [-0.3, -0.25) is 14.6 Å². The monoisotopic (exact) mass is 386 g/mol. The van der Waals surface area contributed by atoms with Crippen LogP contribution >= 0.6 is 0 Å². The molecule has 1 saturated heterocycles. The van der Waals surface area contributed by atoms with Crippen molar-refractivity contribution in [3.05, 3.63) is 18.2 Å². The molecule has 3 amide bonds. The summed E-state index contributed by atoms with van der Waals surface area (Å²) in [5.41, 5.74) is 0.811. The predicted molar refractivity (Wildman–Crippen MR) is 103 cm³/mol. The summed E-state index contributed by atoms with van der Waals surface area (Å²) in [5, 5.41) is 0. The lowest BCUT2D eigenvalue weighted by Crippen LogP contribution is -2.62. The van der Waals surface area contributed by atoms with Crippen LogP contribution in [0, 0.1) is 5.92 Å². The molecule has 9 heteroatoms. The average Bonchev–Trinajstić information content (AvgIpc) is 3.08. The second-order valence-electron chi connectivity index (χ2n) is 7.32. The molecule has 3 aliphatic heterocycles. The molecule has 0 spiro atoms. The summed E-state index contributed by atoms with van der Waals surface area (Å²) >= 11 is 0. The van der Waals surface area contributed by atoms with E-state index in [0.717, 1.165) is 10.6 Å². The van der Waals surface area contributed by atoms with E-state index >= 15 is 0 Å². The Hall–Kier alpha value is -3.10.